The molecule has 8 aromatic rings. The van der Waals surface area contributed by atoms with Crippen molar-refractivity contribution in [3.8, 4) is 33.8 Å². The van der Waals surface area contributed by atoms with E-state index in [0.717, 1.165) is 66.1 Å². The third-order valence-corrected chi connectivity index (χ3v) is 21.2. The Labute approximate surface area is 957 Å². The summed E-state index contributed by atoms with van der Waals surface area (Å²) in [6, 6.07) is 43.7. The molecule has 6 aromatic carbocycles. The number of alkyl carbamates (subject to hydrolysis) is 2. The summed E-state index contributed by atoms with van der Waals surface area (Å²) in [5.74, 6) is -1.69. The number of azide groups is 1. The van der Waals surface area contributed by atoms with Crippen molar-refractivity contribution in [3.63, 3.8) is 0 Å². The fourth-order valence-electron chi connectivity index (χ4n) is 14.6. The van der Waals surface area contributed by atoms with E-state index in [4.69, 9.17) is 67.7 Å². The van der Waals surface area contributed by atoms with Crippen LogP contribution in [0.2, 0.25) is 0 Å². The monoisotopic (exact) mass is 2220 g/mol. The first kappa shape index (κ1) is 126. The largest absolute Gasteiger partial charge is 1.00 e. The number of aryl methyl sites for hydroxylation is 2. The van der Waals surface area contributed by atoms with Gasteiger partial charge in [-0.25, -0.2) is 29.1 Å². The van der Waals surface area contributed by atoms with Crippen LogP contribution in [0.15, 0.2) is 163 Å². The normalized spacial score (nSPS) is 12.0. The maximum absolute atomic E-state index is 14.4. The number of ketones is 2. The van der Waals surface area contributed by atoms with Crippen molar-refractivity contribution in [2.45, 2.75) is 233 Å². The first-order valence-corrected chi connectivity index (χ1v) is 47.3. The number of nitrogens with zero attached hydrogens (tertiary/aromatic N) is 7. The predicted octanol–water partition coefficient (Wildman–Crippen LogP) is 11.5. The average molecular weight is 2220 g/mol. The molecule has 0 radical (unpaired) electrons. The minimum Gasteiger partial charge on any atom is -1.00 e. The molecule has 0 saturated carbocycles. The summed E-state index contributed by atoms with van der Waals surface area (Å²) >= 11 is 0. The molecule has 0 aliphatic heterocycles. The Morgan fingerprint density at radius 1 is 0.476 bits per heavy atom. The maximum atomic E-state index is 14.4. The van der Waals surface area contributed by atoms with Gasteiger partial charge in [0.05, 0.1) is 92.0 Å². The minimum atomic E-state index is -0.908. The summed E-state index contributed by atoms with van der Waals surface area (Å²) in [6.07, 6.45) is 3.76. The molecule has 0 spiro atoms. The van der Waals surface area contributed by atoms with Gasteiger partial charge in [0.2, 0.25) is 11.8 Å². The van der Waals surface area contributed by atoms with E-state index in [1.165, 1.54) is 24.0 Å². The maximum Gasteiger partial charge on any atom is 1.00 e. The molecule has 0 fully saturated rings. The first-order chi connectivity index (χ1) is 67.1. The molecular formula is C105H141Cs2N11O25. The molecule has 2 heterocycles. The number of anilines is 2. The van der Waals surface area contributed by atoms with E-state index in [9.17, 15) is 53.1 Å². The number of carbonyl (C=O) groups excluding carboxylic acids is 11. The number of phenolic OH excluding ortho intramolecular Hbond substituents is 1. The quantitative estimate of drug-likeness (QED) is 0.00272. The fourth-order valence-corrected chi connectivity index (χ4v) is 14.6. The second-order valence-electron chi connectivity index (χ2n) is 37.3. The summed E-state index contributed by atoms with van der Waals surface area (Å²) in [7, 11) is 2.60. The summed E-state index contributed by atoms with van der Waals surface area (Å²) in [5.41, 5.74) is 12.4. The number of methoxy groups -OCH3 is 2. The molecule has 38 heteroatoms. The standard InChI is InChI=1S/C57H79N7O13.C47H60N4O9.CH2O3.2Cs.H/c1-41-24-26-59-51(38-41)64(55(69)77-57(5,6)7)28-13-17-52(66)62-48(16-11-12-25-60-54(68)76-56(2,3)4)49(65)39-44(40-53(67)70-8)42-18-20-43(21-19-42)45-22-23-50(47-15-10-9-14-46(45)47)75-37-36-74-35-34-73-33-32-72-31-30-71-29-27-61-63-58;1-31-24-26-48-41(28-31)51(45(57)60-47(5,6)7)27-13-17-42(54)50-38(16-11-12-25-49-44(56)59-46(2,3)4)40(53)29-34(30-43(55)58-8)32-18-20-33(21-19-32)35-22-23-39(52)37-15-10-9-14-36(35)37;2-1-4-3;;;/h9-10,14-15,18-24,26,38,44,48H,11-13,16-17,25,27-37,39-40H2,1-8H3,(H,60,68)(H,62,66);9-10,14-15,18-24,26,28,34,38,52H,11-13,16-17,25,27,29-30H2,1-8H3,(H,49,56)(H,50,54);1,3H;;;/q;;;2*+1;-1/p-1/t44-,48-;34-,38-;;;;/m00..../s1. The number of unbranched alkanes of at least 4 members (excludes halogenated alkanes) is 2. The van der Waals surface area contributed by atoms with Crippen LogP contribution in [0.1, 0.15) is 208 Å². The van der Waals surface area contributed by atoms with Gasteiger partial charge in [-0.15, -0.1) is 0 Å². The zero-order valence-electron chi connectivity index (χ0n) is 87.1. The average Bonchev–Trinajstić information content (AvgIpc) is 0.792. The second-order valence-corrected chi connectivity index (χ2v) is 37.3. The number of pyridine rings is 2. The van der Waals surface area contributed by atoms with Crippen molar-refractivity contribution in [1.29, 1.82) is 0 Å². The molecule has 4 atom stereocenters. The second kappa shape index (κ2) is 66.8. The number of carbonyl (C=O) groups is 11. The number of benzene rings is 6. The van der Waals surface area contributed by atoms with Gasteiger partial charge < -0.3 is 90.1 Å². The number of Topliss-reactive ketones (excluding diaryl/α,β-unsaturated/α-hetero) is 2. The topological polar surface area (TPSA) is 471 Å². The van der Waals surface area contributed by atoms with Crippen molar-refractivity contribution in [2.75, 3.05) is 116 Å². The van der Waals surface area contributed by atoms with Crippen LogP contribution >= 0.6 is 0 Å². The molecule has 6 amide bonds. The Bertz CT molecular complexity index is 5380. The van der Waals surface area contributed by atoms with E-state index in [1.54, 1.807) is 114 Å². The van der Waals surface area contributed by atoms with E-state index >= 15 is 0 Å². The molecule has 0 saturated heterocycles. The van der Waals surface area contributed by atoms with Gasteiger partial charge in [-0.3, -0.25) is 43.4 Å². The van der Waals surface area contributed by atoms with Crippen LogP contribution in [0.5, 0.6) is 11.5 Å². The van der Waals surface area contributed by atoms with Gasteiger partial charge in [0.25, 0.3) is 6.47 Å². The molecular weight excluding hydrogens is 2080 g/mol. The van der Waals surface area contributed by atoms with Crippen LogP contribution in [0.3, 0.4) is 0 Å². The van der Waals surface area contributed by atoms with E-state index in [1.807, 2.05) is 141 Å². The molecule has 768 valence electrons. The molecule has 0 aliphatic carbocycles. The van der Waals surface area contributed by atoms with Gasteiger partial charge in [-0.1, -0.05) is 114 Å². The van der Waals surface area contributed by atoms with Crippen molar-refractivity contribution < 1.29 is 259 Å². The van der Waals surface area contributed by atoms with Crippen LogP contribution in [0.4, 0.5) is 30.8 Å². The summed E-state index contributed by atoms with van der Waals surface area (Å²) < 4.78 is 60.3. The van der Waals surface area contributed by atoms with Gasteiger partial charge in [0, 0.05) is 98.3 Å². The van der Waals surface area contributed by atoms with Crippen LogP contribution < -0.4 is 179 Å². The van der Waals surface area contributed by atoms with Crippen LogP contribution in [-0.4, -0.2) is 222 Å². The van der Waals surface area contributed by atoms with Crippen LogP contribution in [0, 0.1) is 13.8 Å². The third kappa shape index (κ3) is 49.7. The number of hydrogen-bond acceptors (Lipinski definition) is 28. The van der Waals surface area contributed by atoms with Gasteiger partial charge >= 0.3 is 174 Å². The number of aromatic hydroxyl groups is 1. The molecule has 36 nitrogen and oxygen atoms in total. The Kier molecular flexibility index (Phi) is 58.8. The van der Waals surface area contributed by atoms with Gasteiger partial charge in [0.1, 0.15) is 52.1 Å². The van der Waals surface area contributed by atoms with Gasteiger partial charge in [-0.05, 0) is 246 Å². The fraction of sp³-hybridized carbons (Fsp3) is 0.495. The number of nitrogens with one attached hydrogen (secondary N) is 4. The van der Waals surface area contributed by atoms with Gasteiger partial charge in [0.15, 0.2) is 11.6 Å². The zero-order valence-corrected chi connectivity index (χ0v) is 98.6. The minimum absolute atomic E-state index is 0. The molecule has 0 unspecified atom stereocenters. The predicted molar refractivity (Wildman–Crippen MR) is 533 cm³/mol. The first-order valence-electron chi connectivity index (χ1n) is 47.3. The zero-order chi connectivity index (χ0) is 104. The number of phenols is 1. The number of aromatic nitrogens is 2. The SMILES string of the molecule is COC(=O)C[C@H](CC(=O)[C@H](CCCCNC(=O)OC(C)(C)C)NC(=O)CCCN(C(=O)OC(C)(C)C)c1cc(C)ccn1)c1ccc(-c2ccc(O)c3ccccc23)cc1.COC(=O)C[C@H](CC(=O)[C@H](CCCCNC(=O)OC(C)(C)C)NC(=O)CCCN(C(=O)OC(C)(C)C)c1cc(C)ccn1)c1ccc(-c2ccc(OCCOCCOCCOCCOCCN=[N+]=[N-])c3ccccc23)cc1.O=CO[O-].[Cs+].[Cs+].[H-]. The number of hydrogen-bond donors (Lipinski definition) is 5. The summed E-state index contributed by atoms with van der Waals surface area (Å²) in [4.78, 5) is 158. The Hall–Kier alpha value is -9.28. The Morgan fingerprint density at radius 3 is 1.22 bits per heavy atom. The summed E-state index contributed by atoms with van der Waals surface area (Å²) in [5, 5.41) is 37.1. The summed E-state index contributed by atoms with van der Waals surface area (Å²) in [6.45, 7) is 29.6. The van der Waals surface area contributed by atoms with Gasteiger partial charge in [-0.2, -0.15) is 0 Å². The number of esters is 2. The van der Waals surface area contributed by atoms with Crippen LogP contribution in [0.25, 0.3) is 54.2 Å². The number of ether oxygens (including phenoxy) is 11. The molecule has 0 bridgehead atoms. The van der Waals surface area contributed by atoms with E-state index < -0.39 is 82.6 Å². The smallest absolute Gasteiger partial charge is 1.00 e. The van der Waals surface area contributed by atoms with Crippen molar-refractivity contribution >= 4 is 99.3 Å². The van der Waals surface area contributed by atoms with E-state index in [-0.39, 0.29) is 252 Å². The van der Waals surface area contributed by atoms with Crippen LogP contribution in [-0.2, 0) is 85.8 Å². The van der Waals surface area contributed by atoms with Crippen molar-refractivity contribution in [1.82, 2.24) is 31.2 Å². The van der Waals surface area contributed by atoms with E-state index in [0.29, 0.717) is 122 Å². The Morgan fingerprint density at radius 2 is 0.846 bits per heavy atom. The number of amides is 6. The van der Waals surface area contributed by atoms with E-state index in [2.05, 4.69) is 46.1 Å². The van der Waals surface area contributed by atoms with Crippen molar-refractivity contribution in [2.24, 2.45) is 5.11 Å². The Balaban J connectivity index is 0.000000717. The molecule has 5 N–H and O–H groups in total. The van der Waals surface area contributed by atoms with Crippen molar-refractivity contribution in [3.05, 3.63) is 191 Å². The molecule has 0 aliphatic rings. The third-order valence-electron chi connectivity index (χ3n) is 21.2. The number of rotatable bonds is 53. The molecule has 143 heavy (non-hydrogen) atoms. The number of fused-ring (bicyclic) bond motifs is 2. The molecule has 8 rings (SSSR count). The molecule has 2 aromatic heterocycles.